The average molecular weight is 267 g/mol. The van der Waals surface area contributed by atoms with Crippen LogP contribution in [0.15, 0.2) is 11.8 Å². The number of rotatable bonds is 6. The van der Waals surface area contributed by atoms with E-state index in [2.05, 4.69) is 5.32 Å². The molecule has 0 heterocycles. The van der Waals surface area contributed by atoms with Crippen molar-refractivity contribution >= 4 is 11.9 Å². The number of carbonyl (C=O) groups excluding carboxylic acids is 2. The van der Waals surface area contributed by atoms with Gasteiger partial charge >= 0.3 is 57.4 Å². The Hall–Kier alpha value is 0.116. The molecule has 0 bridgehead atoms. The molecule has 0 aromatic carbocycles. The van der Waals surface area contributed by atoms with Crippen LogP contribution in [0.1, 0.15) is 27.7 Å². The standard InChI is InChI=1S/C11H19NO4.K/c1-5-16-9(13)6-8(4)12-10(7(2)3)11(14)15;/h6-7,10,12H,5H2,1-4H3,(H,14,15);/q;+1/p-1/t10-;/m0./s1. The molecule has 0 unspecified atom stereocenters. The number of carboxylic acids is 1. The van der Waals surface area contributed by atoms with E-state index in [4.69, 9.17) is 4.74 Å². The quantitative estimate of drug-likeness (QED) is 0.312. The van der Waals surface area contributed by atoms with Gasteiger partial charge in [0, 0.05) is 11.8 Å². The first-order valence-corrected chi connectivity index (χ1v) is 5.21. The molecule has 0 saturated carbocycles. The van der Waals surface area contributed by atoms with Crippen LogP contribution in [0.25, 0.3) is 0 Å². The van der Waals surface area contributed by atoms with Crippen molar-refractivity contribution in [3.05, 3.63) is 11.8 Å². The Balaban J connectivity index is 0. The summed E-state index contributed by atoms with van der Waals surface area (Å²) in [5, 5.41) is 13.5. The van der Waals surface area contributed by atoms with Crippen LogP contribution in [-0.2, 0) is 14.3 Å². The second-order valence-corrected chi connectivity index (χ2v) is 3.76. The van der Waals surface area contributed by atoms with Crippen molar-refractivity contribution in [1.29, 1.82) is 0 Å². The minimum absolute atomic E-state index is 0. The maximum Gasteiger partial charge on any atom is 1.00 e. The van der Waals surface area contributed by atoms with Gasteiger partial charge in [0.25, 0.3) is 0 Å². The maximum atomic E-state index is 11.1. The number of aliphatic carboxylic acids is 1. The Kier molecular flexibility index (Phi) is 11.5. The summed E-state index contributed by atoms with van der Waals surface area (Å²) < 4.78 is 4.70. The maximum absolute atomic E-state index is 11.1. The van der Waals surface area contributed by atoms with E-state index in [1.807, 2.05) is 0 Å². The Morgan fingerprint density at radius 1 is 1.41 bits per heavy atom. The summed E-state index contributed by atoms with van der Waals surface area (Å²) in [7, 11) is 0. The molecular formula is C11H18KNO4. The van der Waals surface area contributed by atoms with E-state index in [0.29, 0.717) is 5.70 Å². The first-order chi connectivity index (χ1) is 7.38. The average Bonchev–Trinajstić information content (AvgIpc) is 2.13. The van der Waals surface area contributed by atoms with Gasteiger partial charge in [-0.15, -0.1) is 0 Å². The van der Waals surface area contributed by atoms with Crippen molar-refractivity contribution in [2.75, 3.05) is 6.61 Å². The summed E-state index contributed by atoms with van der Waals surface area (Å²) in [6.07, 6.45) is 1.22. The molecule has 1 atom stereocenters. The van der Waals surface area contributed by atoms with Gasteiger partial charge in [-0.3, -0.25) is 0 Å². The molecule has 17 heavy (non-hydrogen) atoms. The molecule has 0 spiro atoms. The summed E-state index contributed by atoms with van der Waals surface area (Å²) in [6, 6.07) is -0.814. The molecule has 0 radical (unpaired) electrons. The zero-order valence-corrected chi connectivity index (χ0v) is 14.2. The van der Waals surface area contributed by atoms with Crippen LogP contribution in [0.5, 0.6) is 0 Å². The summed E-state index contributed by atoms with van der Waals surface area (Å²) in [5.41, 5.74) is 0.446. The third-order valence-corrected chi connectivity index (χ3v) is 1.92. The monoisotopic (exact) mass is 267 g/mol. The van der Waals surface area contributed by atoms with Crippen LogP contribution in [-0.4, -0.2) is 24.6 Å². The summed E-state index contributed by atoms with van der Waals surface area (Å²) in [4.78, 5) is 21.8. The topological polar surface area (TPSA) is 78.5 Å². The molecule has 6 heteroatoms. The van der Waals surface area contributed by atoms with E-state index in [0.717, 1.165) is 0 Å². The van der Waals surface area contributed by atoms with Crippen molar-refractivity contribution in [3.63, 3.8) is 0 Å². The summed E-state index contributed by atoms with van der Waals surface area (Å²) in [6.45, 7) is 7.11. The Morgan fingerprint density at radius 3 is 2.29 bits per heavy atom. The van der Waals surface area contributed by atoms with Crippen LogP contribution >= 0.6 is 0 Å². The van der Waals surface area contributed by atoms with Gasteiger partial charge in [0.15, 0.2) is 0 Å². The molecular weight excluding hydrogens is 249 g/mol. The number of carbonyl (C=O) groups is 2. The predicted molar refractivity (Wildman–Crippen MR) is 57.2 cm³/mol. The van der Waals surface area contributed by atoms with Gasteiger partial charge in [0.2, 0.25) is 0 Å². The Labute approximate surface area is 144 Å². The van der Waals surface area contributed by atoms with Crippen LogP contribution < -0.4 is 61.8 Å². The fourth-order valence-corrected chi connectivity index (χ4v) is 1.15. The number of hydrogen-bond donors (Lipinski definition) is 1. The fraction of sp³-hybridized carbons (Fsp3) is 0.636. The molecule has 0 amide bonds. The molecule has 0 aliphatic rings. The molecule has 0 aromatic heterocycles. The third kappa shape index (κ3) is 8.79. The van der Waals surface area contributed by atoms with E-state index in [9.17, 15) is 14.7 Å². The SMILES string of the molecule is CCOC(=O)C=C(C)N[C@H](C(=O)[O-])C(C)C.[K+]. The normalized spacial score (nSPS) is 12.6. The van der Waals surface area contributed by atoms with E-state index >= 15 is 0 Å². The number of esters is 1. The minimum Gasteiger partial charge on any atom is -0.548 e. The molecule has 0 saturated heterocycles. The first kappa shape index (κ1) is 19.5. The van der Waals surface area contributed by atoms with Crippen molar-refractivity contribution in [2.45, 2.75) is 33.7 Å². The second kappa shape index (κ2) is 10.1. The molecule has 0 aliphatic carbocycles. The first-order valence-electron chi connectivity index (χ1n) is 5.21. The Morgan fingerprint density at radius 2 is 1.94 bits per heavy atom. The van der Waals surface area contributed by atoms with E-state index in [-0.39, 0.29) is 63.9 Å². The number of ether oxygens (including phenoxy) is 1. The van der Waals surface area contributed by atoms with Crippen LogP contribution in [0.2, 0.25) is 0 Å². The smallest absolute Gasteiger partial charge is 0.548 e. The molecule has 5 nitrogen and oxygen atoms in total. The van der Waals surface area contributed by atoms with Gasteiger partial charge in [-0.05, 0) is 19.8 Å². The van der Waals surface area contributed by atoms with Gasteiger partial charge in [-0.1, -0.05) is 13.8 Å². The fourth-order valence-electron chi connectivity index (χ4n) is 1.15. The van der Waals surface area contributed by atoms with E-state index in [1.54, 1.807) is 27.7 Å². The number of allylic oxidation sites excluding steroid dienone is 1. The minimum atomic E-state index is -1.19. The number of hydrogen-bond acceptors (Lipinski definition) is 5. The van der Waals surface area contributed by atoms with E-state index < -0.39 is 18.0 Å². The Bertz CT molecular complexity index is 289. The molecule has 1 N–H and O–H groups in total. The van der Waals surface area contributed by atoms with Gasteiger partial charge < -0.3 is 20.0 Å². The van der Waals surface area contributed by atoms with Gasteiger partial charge in [-0.25, -0.2) is 4.79 Å². The molecule has 0 aromatic rings. The molecule has 0 fully saturated rings. The van der Waals surface area contributed by atoms with E-state index in [1.165, 1.54) is 6.08 Å². The largest absolute Gasteiger partial charge is 1.00 e. The molecule has 0 aliphatic heterocycles. The third-order valence-electron chi connectivity index (χ3n) is 1.92. The predicted octanol–water partition coefficient (Wildman–Crippen LogP) is -3.18. The van der Waals surface area contributed by atoms with Gasteiger partial charge in [-0.2, -0.15) is 0 Å². The van der Waals surface area contributed by atoms with Crippen LogP contribution in [0, 0.1) is 5.92 Å². The zero-order valence-electron chi connectivity index (χ0n) is 11.1. The summed E-state index contributed by atoms with van der Waals surface area (Å²) in [5.74, 6) is -1.81. The molecule has 0 rings (SSSR count). The number of carboxylic acid groups (broad SMARTS) is 1. The van der Waals surface area contributed by atoms with Crippen LogP contribution in [0.4, 0.5) is 0 Å². The van der Waals surface area contributed by atoms with Crippen molar-refractivity contribution in [2.24, 2.45) is 5.92 Å². The van der Waals surface area contributed by atoms with Crippen molar-refractivity contribution in [3.8, 4) is 0 Å². The summed E-state index contributed by atoms with van der Waals surface area (Å²) >= 11 is 0. The molecule has 92 valence electrons. The van der Waals surface area contributed by atoms with Gasteiger partial charge in [0.05, 0.1) is 18.6 Å². The van der Waals surface area contributed by atoms with Crippen molar-refractivity contribution in [1.82, 2.24) is 5.32 Å². The van der Waals surface area contributed by atoms with Gasteiger partial charge in [0.1, 0.15) is 0 Å². The zero-order chi connectivity index (χ0) is 12.7. The van der Waals surface area contributed by atoms with Crippen molar-refractivity contribution < 1.29 is 70.8 Å². The second-order valence-electron chi connectivity index (χ2n) is 3.76. The van der Waals surface area contributed by atoms with Crippen LogP contribution in [0.3, 0.4) is 0 Å². The number of nitrogens with one attached hydrogen (secondary N) is 1.